The molecule has 598 valence electrons. The Balaban J connectivity index is 0. The summed E-state index contributed by atoms with van der Waals surface area (Å²) in [7, 11) is 13.0. The van der Waals surface area contributed by atoms with Gasteiger partial charge < -0.3 is 84.4 Å². The third-order valence-corrected chi connectivity index (χ3v) is 17.4. The average molecular weight is 1560 g/mol. The molecule has 0 aliphatic heterocycles. The van der Waals surface area contributed by atoms with Gasteiger partial charge in [-0.25, -0.2) is 28.8 Å². The molecular weight excluding hydrogens is 1430 g/mol. The smallest absolute Gasteiger partial charge is 0.409 e. The van der Waals surface area contributed by atoms with E-state index < -0.39 is 43.3 Å². The van der Waals surface area contributed by atoms with Gasteiger partial charge in [0.1, 0.15) is 41.9 Å². The number of alkyl carbamates (subject to hydrolysis) is 2. The lowest BCUT2D eigenvalue weighted by Crippen LogP contribution is -2.29. The second kappa shape index (κ2) is 54.2. The first-order valence-corrected chi connectivity index (χ1v) is 41.1. The molecule has 0 spiro atoms. The number of ether oxygens (including phenoxy) is 6. The molecule has 3 aliphatic rings. The molecule has 0 saturated heterocycles. The van der Waals surface area contributed by atoms with Crippen LogP contribution in [0.1, 0.15) is 232 Å². The monoisotopic (exact) mass is 1560 g/mol. The van der Waals surface area contributed by atoms with E-state index in [1.807, 2.05) is 12.1 Å². The zero-order valence-electron chi connectivity index (χ0n) is 65.4. The Morgan fingerprint density at radius 1 is 0.495 bits per heavy atom. The third kappa shape index (κ3) is 38.1. The summed E-state index contributed by atoms with van der Waals surface area (Å²) in [5, 5.41) is 69.8. The van der Waals surface area contributed by atoms with Crippen molar-refractivity contribution in [3.8, 4) is 34.5 Å². The summed E-state index contributed by atoms with van der Waals surface area (Å²) in [6.45, 7) is 19.5. The number of nitrogens with zero attached hydrogens (tertiary/aromatic N) is 3. The lowest BCUT2D eigenvalue weighted by Gasteiger charge is -2.29. The van der Waals surface area contributed by atoms with E-state index in [0.717, 1.165) is 132 Å². The molecule has 0 radical (unpaired) electrons. The molecule has 0 heterocycles. The summed E-state index contributed by atoms with van der Waals surface area (Å²) < 4.78 is 26.7. The van der Waals surface area contributed by atoms with Gasteiger partial charge in [0.15, 0.2) is 0 Å². The Bertz CT molecular complexity index is 3150. The summed E-state index contributed by atoms with van der Waals surface area (Å²) in [5.41, 5.74) is 9.40. The second-order valence-electron chi connectivity index (χ2n) is 26.8. The number of hydrogen-bond acceptors (Lipinski definition) is 18. The van der Waals surface area contributed by atoms with Crippen LogP contribution in [-0.2, 0) is 67.3 Å². The van der Waals surface area contributed by atoms with Crippen molar-refractivity contribution in [1.82, 2.24) is 25.3 Å². The molecule has 3 aliphatic carbocycles. The van der Waals surface area contributed by atoms with Crippen LogP contribution in [0.4, 0.5) is 28.8 Å². The van der Waals surface area contributed by atoms with E-state index in [2.05, 4.69) is 116 Å². The maximum absolute atomic E-state index is 12.2. The molecule has 0 bridgehead atoms. The fourth-order valence-electron chi connectivity index (χ4n) is 11.9. The van der Waals surface area contributed by atoms with Crippen molar-refractivity contribution in [3.05, 3.63) is 103 Å². The molecule has 6 rings (SSSR count). The Morgan fingerprint density at radius 3 is 1.14 bits per heavy atom. The van der Waals surface area contributed by atoms with E-state index >= 15 is 0 Å². The number of allylic oxidation sites excluding steroid dienone is 6. The number of aryl methyl sites for hydroxylation is 2. The maximum atomic E-state index is 12.2. The first-order chi connectivity index (χ1) is 49.0. The van der Waals surface area contributed by atoms with Crippen LogP contribution in [0.25, 0.3) is 0 Å². The second-order valence-corrected chi connectivity index (χ2v) is 34.9. The first-order valence-electron chi connectivity index (χ1n) is 35.7. The summed E-state index contributed by atoms with van der Waals surface area (Å²) >= 11 is 15.3. The average Bonchev–Trinajstić information content (AvgIpc) is 0.778. The van der Waals surface area contributed by atoms with Gasteiger partial charge in [0.25, 0.3) is 0 Å². The molecule has 105 heavy (non-hydrogen) atoms. The molecule has 23 nitrogen and oxygen atoms in total. The molecule has 27 heteroatoms. The van der Waals surface area contributed by atoms with Crippen molar-refractivity contribution in [2.24, 2.45) is 0 Å². The Labute approximate surface area is 642 Å². The van der Waals surface area contributed by atoms with Crippen molar-refractivity contribution < 1.29 is 87.8 Å². The minimum absolute atomic E-state index is 0. The van der Waals surface area contributed by atoms with E-state index in [1.165, 1.54) is 94.0 Å². The highest BCUT2D eigenvalue weighted by Gasteiger charge is 2.32. The quantitative estimate of drug-likeness (QED) is 0.00677. The predicted molar refractivity (Wildman–Crippen MR) is 424 cm³/mol. The fraction of sp³-hybridized carbons (Fsp3) is 0.615. The van der Waals surface area contributed by atoms with Crippen molar-refractivity contribution in [1.29, 1.82) is 0 Å². The van der Waals surface area contributed by atoms with Gasteiger partial charge in [0.2, 0.25) is 0 Å². The summed E-state index contributed by atoms with van der Waals surface area (Å²) in [6.07, 6.45) is 24.8. The van der Waals surface area contributed by atoms with Gasteiger partial charge in [-0.3, -0.25) is 0 Å². The number of carbonyl (C=O) groups excluding carboxylic acids is 6. The van der Waals surface area contributed by atoms with Crippen LogP contribution in [0.2, 0.25) is 19.6 Å². The van der Waals surface area contributed by atoms with Crippen LogP contribution in [0, 0.1) is 0 Å². The number of phenols is 6. The Morgan fingerprint density at radius 2 is 0.829 bits per heavy atom. The minimum Gasteiger partial charge on any atom is -0.507 e. The van der Waals surface area contributed by atoms with Gasteiger partial charge in [-0.15, -0.1) is 11.6 Å². The fourth-order valence-corrected chi connectivity index (χ4v) is 12.1. The molecule has 3 aromatic rings. The van der Waals surface area contributed by atoms with Crippen molar-refractivity contribution in [2.45, 2.75) is 241 Å². The van der Waals surface area contributed by atoms with Gasteiger partial charge in [-0.05, 0) is 152 Å². The number of alkyl halides is 1. The number of amides is 5. The normalized spacial score (nSPS) is 14.7. The topological polar surface area (TPSA) is 313 Å². The molecule has 5 amide bonds. The molecule has 0 saturated carbocycles. The Hall–Kier alpha value is -7.41. The lowest BCUT2D eigenvalue weighted by molar-refractivity contribution is 0.129. The number of hydrogen-bond donors (Lipinski definition) is 8. The van der Waals surface area contributed by atoms with E-state index in [0.29, 0.717) is 39.8 Å². The van der Waals surface area contributed by atoms with E-state index in [1.54, 1.807) is 27.2 Å². The zero-order valence-corrected chi connectivity index (χ0v) is 68.7. The van der Waals surface area contributed by atoms with Crippen LogP contribution in [-0.4, -0.2) is 165 Å². The SMILES string of the molecule is C.CCCCCc1c(CN(C)C(=O)OC)c(O)c(C2C=C(C)CCC2)c(O)c1CN(C)C(=O)OC.CCCCCc1cc(O)c(C2C=C(C)CCC2)c(O)c1.CCCCCc1cc(O)c(C2C=C(C)CCC2)c(O)c1CN(C)C(=O)OC.CNC(=O)OC.COC(=O)Cl.COC(=O)NCCl.C[Si](C)(C)Cl. The number of unbranched alkanes of at least 4 members (excludes halogenated alkanes) is 6. The van der Waals surface area contributed by atoms with E-state index in [4.69, 9.17) is 36.9 Å². The predicted octanol–water partition coefficient (Wildman–Crippen LogP) is 19.9. The van der Waals surface area contributed by atoms with Crippen LogP contribution < -0.4 is 10.6 Å². The highest BCUT2D eigenvalue weighted by molar-refractivity contribution is 7.18. The van der Waals surface area contributed by atoms with Gasteiger partial charge in [0, 0.05) is 90.9 Å². The number of rotatable bonds is 22. The minimum atomic E-state index is -1.14. The first kappa shape index (κ1) is 99.6. The molecule has 8 N–H and O–H groups in total. The van der Waals surface area contributed by atoms with Crippen LogP contribution in [0.15, 0.2) is 53.1 Å². The molecule has 3 atom stereocenters. The maximum Gasteiger partial charge on any atom is 0.409 e. The number of phenolic OH excluding ortho intramolecular Hbond substituents is 6. The number of nitrogens with one attached hydrogen (secondary N) is 2. The lowest BCUT2D eigenvalue weighted by atomic mass is 9.81. The van der Waals surface area contributed by atoms with Crippen LogP contribution in [0.5, 0.6) is 34.5 Å². The summed E-state index contributed by atoms with van der Waals surface area (Å²) in [4.78, 5) is 69.7. The standard InChI is InChI=1S/C26H40N2O6.C22H33NO4.C18H26O2.C3H6ClNO2.C3H9ClSi.C3H7NO2.C2H3ClO2.CH4/c1-7-8-9-13-19-20(15-27(3)25(31)33-5)23(29)22(18-12-10-11-17(2)14-18)24(30)21(19)16-28(4)26(32)34-6;1-5-6-7-10-16-13-19(24)20(17-11-8-9-15(2)12-17)21(25)18(16)14-23(3)22(26)27-4;1-3-4-5-8-14-11-16(19)18(17(20)12-14)15-9-6-7-13(2)10-15;1-7-3(6)5-2-4;1-5(2,3)4;1-4-3(5)6-2;1-5-2(3)4;/h14,18,29-30H,7-13,15-16H2,1-6H3;12-13,17,24-25H,5-11,14H2,1-4H3;10-12,15,19-20H,3-9H2,1-2H3;2H2,1H3,(H,5,6);1-3H3;1-2H3,(H,4,5);1H3;1H4. The summed E-state index contributed by atoms with van der Waals surface area (Å²) in [5.74, 6) is 0.828. The number of carbonyl (C=O) groups is 6. The molecular formula is C78H128Cl3N5O18Si. The highest BCUT2D eigenvalue weighted by atomic mass is 35.6. The Kier molecular flexibility index (Phi) is 51.4. The van der Waals surface area contributed by atoms with Gasteiger partial charge in [0.05, 0.1) is 68.3 Å². The van der Waals surface area contributed by atoms with Crippen molar-refractivity contribution >= 4 is 77.6 Å². The molecule has 3 aromatic carbocycles. The summed E-state index contributed by atoms with van der Waals surface area (Å²) in [6, 6.07) is 5.54. The van der Waals surface area contributed by atoms with E-state index in [9.17, 15) is 59.4 Å². The highest BCUT2D eigenvalue weighted by Crippen LogP contribution is 2.48. The molecule has 3 unspecified atom stereocenters. The number of methoxy groups -OCH3 is 6. The number of halogens is 3. The van der Waals surface area contributed by atoms with Crippen molar-refractivity contribution in [3.63, 3.8) is 0 Å². The van der Waals surface area contributed by atoms with Crippen LogP contribution >= 0.6 is 34.3 Å². The number of aromatic hydroxyl groups is 6. The van der Waals surface area contributed by atoms with Gasteiger partial charge in [-0.1, -0.05) is 121 Å². The van der Waals surface area contributed by atoms with Gasteiger partial charge >= 0.3 is 35.9 Å². The molecule has 0 fully saturated rings. The zero-order chi connectivity index (χ0) is 79.4. The van der Waals surface area contributed by atoms with E-state index in [-0.39, 0.29) is 85.3 Å². The van der Waals surface area contributed by atoms with Gasteiger partial charge in [-0.2, -0.15) is 11.1 Å². The van der Waals surface area contributed by atoms with Crippen molar-refractivity contribution in [2.75, 3.05) is 76.9 Å². The third-order valence-electron chi connectivity index (χ3n) is 17.1. The van der Waals surface area contributed by atoms with Crippen LogP contribution in [0.3, 0.4) is 0 Å². The number of benzene rings is 3. The molecule has 0 aromatic heterocycles. The largest absolute Gasteiger partial charge is 0.507 e.